The van der Waals surface area contributed by atoms with Crippen molar-refractivity contribution < 1.29 is 5.11 Å². The molecule has 1 heterocycles. The maximum atomic E-state index is 10.3. The van der Waals surface area contributed by atoms with Crippen LogP contribution in [-0.2, 0) is 0 Å². The maximum Gasteiger partial charge on any atom is 0.0662 e. The predicted molar refractivity (Wildman–Crippen MR) is 58.3 cm³/mol. The molecule has 14 heavy (non-hydrogen) atoms. The molecule has 1 N–H and O–H groups in total. The molecule has 2 aliphatic rings. The van der Waals surface area contributed by atoms with Gasteiger partial charge in [0.1, 0.15) is 0 Å². The van der Waals surface area contributed by atoms with Crippen molar-refractivity contribution >= 4 is 0 Å². The van der Waals surface area contributed by atoms with Crippen LogP contribution in [-0.4, -0.2) is 34.7 Å². The Morgan fingerprint density at radius 3 is 2.64 bits per heavy atom. The molecule has 1 aliphatic heterocycles. The van der Waals surface area contributed by atoms with Crippen LogP contribution in [0.1, 0.15) is 51.9 Å². The molecule has 82 valence electrons. The van der Waals surface area contributed by atoms with E-state index in [-0.39, 0.29) is 5.60 Å². The molecule has 0 radical (unpaired) electrons. The first kappa shape index (κ1) is 10.4. The van der Waals surface area contributed by atoms with Crippen LogP contribution in [0.15, 0.2) is 0 Å². The monoisotopic (exact) mass is 197 g/mol. The Hall–Kier alpha value is -0.0800. The molecule has 0 aromatic carbocycles. The molecular weight excluding hydrogens is 174 g/mol. The molecule has 0 aromatic heterocycles. The van der Waals surface area contributed by atoms with Crippen LogP contribution in [0.5, 0.6) is 0 Å². The van der Waals surface area contributed by atoms with Gasteiger partial charge in [0.2, 0.25) is 0 Å². The Balaban J connectivity index is 1.89. The summed E-state index contributed by atoms with van der Waals surface area (Å²) >= 11 is 0. The maximum absolute atomic E-state index is 10.3. The summed E-state index contributed by atoms with van der Waals surface area (Å²) in [6.07, 6.45) is 8.21. The topological polar surface area (TPSA) is 23.5 Å². The second-order valence-corrected chi connectivity index (χ2v) is 5.06. The van der Waals surface area contributed by atoms with Gasteiger partial charge in [0.25, 0.3) is 0 Å². The van der Waals surface area contributed by atoms with E-state index >= 15 is 0 Å². The molecule has 1 saturated heterocycles. The zero-order valence-corrected chi connectivity index (χ0v) is 9.34. The molecular formula is C12H23NO. The summed E-state index contributed by atoms with van der Waals surface area (Å²) in [6.45, 7) is 4.63. The first-order chi connectivity index (χ1) is 6.73. The van der Waals surface area contributed by atoms with Gasteiger partial charge in [-0.25, -0.2) is 0 Å². The second kappa shape index (κ2) is 4.19. The summed E-state index contributed by atoms with van der Waals surface area (Å²) < 4.78 is 0. The van der Waals surface area contributed by atoms with Gasteiger partial charge in [0.05, 0.1) is 5.60 Å². The van der Waals surface area contributed by atoms with Crippen LogP contribution in [0.25, 0.3) is 0 Å². The molecule has 1 unspecified atom stereocenters. The number of hydrogen-bond donors (Lipinski definition) is 1. The van der Waals surface area contributed by atoms with Gasteiger partial charge in [0, 0.05) is 6.04 Å². The van der Waals surface area contributed by atoms with Gasteiger partial charge in [0.15, 0.2) is 0 Å². The first-order valence-electron chi connectivity index (χ1n) is 6.20. The molecule has 0 bridgehead atoms. The summed E-state index contributed by atoms with van der Waals surface area (Å²) in [6, 6.07) is 0.670. The zero-order valence-electron chi connectivity index (χ0n) is 9.34. The molecule has 0 amide bonds. The van der Waals surface area contributed by atoms with E-state index in [1.54, 1.807) is 0 Å². The highest BCUT2D eigenvalue weighted by atomic mass is 16.3. The van der Waals surface area contributed by atoms with Crippen molar-refractivity contribution in [2.45, 2.75) is 63.5 Å². The number of likely N-dealkylation sites (tertiary alicyclic amines) is 1. The highest BCUT2D eigenvalue weighted by molar-refractivity contribution is 4.91. The molecule has 2 nitrogen and oxygen atoms in total. The van der Waals surface area contributed by atoms with Crippen LogP contribution >= 0.6 is 0 Å². The second-order valence-electron chi connectivity index (χ2n) is 5.06. The van der Waals surface area contributed by atoms with E-state index in [1.165, 1.54) is 32.2 Å². The summed E-state index contributed by atoms with van der Waals surface area (Å²) in [4.78, 5) is 2.54. The van der Waals surface area contributed by atoms with E-state index in [1.807, 2.05) is 0 Å². The lowest BCUT2D eigenvalue weighted by atomic mass is 9.92. The number of aliphatic hydroxyl groups is 1. The van der Waals surface area contributed by atoms with Crippen LogP contribution in [0.3, 0.4) is 0 Å². The summed E-state index contributed by atoms with van der Waals surface area (Å²) in [5, 5.41) is 10.3. The third kappa shape index (κ3) is 2.12. The van der Waals surface area contributed by atoms with E-state index in [0.717, 1.165) is 25.8 Å². The fourth-order valence-corrected chi connectivity index (χ4v) is 3.22. The standard InChI is InChI=1S/C12H23NO/c1-2-13-9-5-6-11(13)10-12(14)7-3-4-8-12/h11,14H,2-10H2,1H3. The highest BCUT2D eigenvalue weighted by Crippen LogP contribution is 2.36. The van der Waals surface area contributed by atoms with Crippen LogP contribution in [0.2, 0.25) is 0 Å². The van der Waals surface area contributed by atoms with E-state index in [0.29, 0.717) is 6.04 Å². The molecule has 2 fully saturated rings. The fraction of sp³-hybridized carbons (Fsp3) is 1.00. The Morgan fingerprint density at radius 1 is 1.29 bits per heavy atom. The summed E-state index contributed by atoms with van der Waals surface area (Å²) in [7, 11) is 0. The Bertz CT molecular complexity index is 187. The molecule has 1 saturated carbocycles. The lowest BCUT2D eigenvalue weighted by molar-refractivity contribution is 0.0156. The smallest absolute Gasteiger partial charge is 0.0662 e. The summed E-state index contributed by atoms with van der Waals surface area (Å²) in [5.74, 6) is 0. The number of rotatable bonds is 3. The van der Waals surface area contributed by atoms with E-state index in [9.17, 15) is 5.11 Å². The van der Waals surface area contributed by atoms with Gasteiger partial charge < -0.3 is 10.0 Å². The minimum atomic E-state index is -0.303. The summed E-state index contributed by atoms with van der Waals surface area (Å²) in [5.41, 5.74) is -0.303. The van der Waals surface area contributed by atoms with Gasteiger partial charge in [-0.2, -0.15) is 0 Å². The fourth-order valence-electron chi connectivity index (χ4n) is 3.22. The molecule has 2 heteroatoms. The average Bonchev–Trinajstić information content (AvgIpc) is 2.75. The predicted octanol–water partition coefficient (Wildman–Crippen LogP) is 2.17. The zero-order chi connectivity index (χ0) is 10.0. The molecule has 0 spiro atoms. The molecule has 2 rings (SSSR count). The van der Waals surface area contributed by atoms with Crippen molar-refractivity contribution in [1.29, 1.82) is 0 Å². The third-order valence-corrected chi connectivity index (χ3v) is 4.06. The largest absolute Gasteiger partial charge is 0.390 e. The Kier molecular flexibility index (Phi) is 3.13. The third-order valence-electron chi connectivity index (χ3n) is 4.06. The van der Waals surface area contributed by atoms with Gasteiger partial charge in [-0.3, -0.25) is 0 Å². The van der Waals surface area contributed by atoms with Gasteiger partial charge >= 0.3 is 0 Å². The number of hydrogen-bond acceptors (Lipinski definition) is 2. The lowest BCUT2D eigenvalue weighted by Gasteiger charge is -2.30. The van der Waals surface area contributed by atoms with Crippen molar-refractivity contribution in [2.75, 3.05) is 13.1 Å². The van der Waals surface area contributed by atoms with E-state index < -0.39 is 0 Å². The van der Waals surface area contributed by atoms with Crippen molar-refractivity contribution in [3.05, 3.63) is 0 Å². The lowest BCUT2D eigenvalue weighted by Crippen LogP contribution is -2.37. The van der Waals surface area contributed by atoms with Crippen molar-refractivity contribution in [1.82, 2.24) is 4.90 Å². The SMILES string of the molecule is CCN1CCCC1CC1(O)CCCC1. The van der Waals surface area contributed by atoms with Crippen LogP contribution in [0, 0.1) is 0 Å². The van der Waals surface area contributed by atoms with Gasteiger partial charge in [-0.05, 0) is 45.2 Å². The highest BCUT2D eigenvalue weighted by Gasteiger charge is 2.36. The molecule has 1 aliphatic carbocycles. The minimum Gasteiger partial charge on any atom is -0.390 e. The number of nitrogens with zero attached hydrogens (tertiary/aromatic N) is 1. The normalized spacial score (nSPS) is 32.6. The van der Waals surface area contributed by atoms with E-state index in [4.69, 9.17) is 0 Å². The quantitative estimate of drug-likeness (QED) is 0.749. The van der Waals surface area contributed by atoms with Crippen molar-refractivity contribution in [3.8, 4) is 0 Å². The average molecular weight is 197 g/mol. The molecule has 0 aromatic rings. The van der Waals surface area contributed by atoms with Gasteiger partial charge in [-0.1, -0.05) is 19.8 Å². The first-order valence-corrected chi connectivity index (χ1v) is 6.20. The molecule has 1 atom stereocenters. The van der Waals surface area contributed by atoms with Crippen LogP contribution in [0.4, 0.5) is 0 Å². The Labute approximate surface area is 87.3 Å². The van der Waals surface area contributed by atoms with E-state index in [2.05, 4.69) is 11.8 Å². The van der Waals surface area contributed by atoms with Crippen molar-refractivity contribution in [2.24, 2.45) is 0 Å². The minimum absolute atomic E-state index is 0.303. The van der Waals surface area contributed by atoms with Crippen LogP contribution < -0.4 is 0 Å². The van der Waals surface area contributed by atoms with Gasteiger partial charge in [-0.15, -0.1) is 0 Å². The van der Waals surface area contributed by atoms with Crippen molar-refractivity contribution in [3.63, 3.8) is 0 Å². The Morgan fingerprint density at radius 2 is 2.00 bits per heavy atom.